The van der Waals surface area contributed by atoms with Crippen molar-refractivity contribution in [3.05, 3.63) is 95.6 Å². The molecule has 0 spiro atoms. The number of carbonyl (C=O) groups is 2. The summed E-state index contributed by atoms with van der Waals surface area (Å²) in [6.07, 6.45) is 0. The molecule has 0 saturated carbocycles. The maximum atomic E-state index is 13.5. The molecule has 0 saturated heterocycles. The number of nitrogens with two attached hydrogens (primary N) is 1. The van der Waals surface area contributed by atoms with Gasteiger partial charge in [-0.2, -0.15) is 0 Å². The van der Waals surface area contributed by atoms with Crippen molar-refractivity contribution >= 4 is 34.2 Å². The Hall–Kier alpha value is -4.69. The molecule has 0 aliphatic carbocycles. The minimum Gasteiger partial charge on any atom is -0.497 e. The molecule has 0 unspecified atom stereocenters. The third-order valence-electron chi connectivity index (χ3n) is 5.63. The van der Waals surface area contributed by atoms with Crippen LogP contribution in [0.4, 0.5) is 5.69 Å². The summed E-state index contributed by atoms with van der Waals surface area (Å²) >= 11 is 0. The van der Waals surface area contributed by atoms with Crippen LogP contribution >= 0.6 is 0 Å². The molecule has 182 valence electrons. The van der Waals surface area contributed by atoms with Gasteiger partial charge in [-0.1, -0.05) is 24.3 Å². The average molecular weight is 484 g/mol. The number of nitrogen functional groups attached to an aromatic ring is 1. The van der Waals surface area contributed by atoms with E-state index < -0.39 is 5.97 Å². The molecule has 0 bridgehead atoms. The van der Waals surface area contributed by atoms with Gasteiger partial charge in [0.15, 0.2) is 6.79 Å². The number of esters is 1. The van der Waals surface area contributed by atoms with E-state index in [9.17, 15) is 9.59 Å². The van der Waals surface area contributed by atoms with Crippen molar-refractivity contribution in [3.63, 3.8) is 0 Å². The van der Waals surface area contributed by atoms with Crippen molar-refractivity contribution in [1.82, 2.24) is 0 Å². The molecule has 0 aliphatic rings. The molecule has 4 aromatic carbocycles. The van der Waals surface area contributed by atoms with Gasteiger partial charge in [-0.25, -0.2) is 4.79 Å². The fourth-order valence-electron chi connectivity index (χ4n) is 3.83. The summed E-state index contributed by atoms with van der Waals surface area (Å²) in [6, 6.07) is 22.8. The van der Waals surface area contributed by atoms with Crippen LogP contribution in [0.3, 0.4) is 0 Å². The number of fused-ring (bicyclic) bond motifs is 1. The van der Waals surface area contributed by atoms with Crippen LogP contribution in [0, 0.1) is 5.41 Å². The summed E-state index contributed by atoms with van der Waals surface area (Å²) in [5, 5.41) is 12.1. The van der Waals surface area contributed by atoms with Gasteiger partial charge in [-0.05, 0) is 76.5 Å². The first kappa shape index (κ1) is 24.4. The van der Waals surface area contributed by atoms with Gasteiger partial charge in [0.2, 0.25) is 0 Å². The van der Waals surface area contributed by atoms with E-state index in [4.69, 9.17) is 25.4 Å². The number of anilines is 1. The summed E-state index contributed by atoms with van der Waals surface area (Å²) in [5.41, 5.74) is 8.39. The lowest BCUT2D eigenvalue weighted by molar-refractivity contribution is -0.0124. The van der Waals surface area contributed by atoms with E-state index in [0.29, 0.717) is 39.3 Å². The fourth-order valence-corrected chi connectivity index (χ4v) is 3.83. The molecule has 36 heavy (non-hydrogen) atoms. The van der Waals surface area contributed by atoms with Crippen LogP contribution in [0.1, 0.15) is 26.3 Å². The molecule has 0 aromatic heterocycles. The van der Waals surface area contributed by atoms with E-state index in [1.165, 1.54) is 7.11 Å². The maximum absolute atomic E-state index is 13.5. The fraction of sp³-hybridized carbons (Fsp3) is 0.107. The summed E-state index contributed by atoms with van der Waals surface area (Å²) in [5.74, 6) is -0.316. The molecule has 8 heteroatoms. The molecule has 0 aliphatic heterocycles. The number of amidine groups is 1. The van der Waals surface area contributed by atoms with Crippen molar-refractivity contribution in [3.8, 4) is 16.9 Å². The van der Waals surface area contributed by atoms with Gasteiger partial charge in [-0.15, -0.1) is 0 Å². The number of hydrogen-bond donors (Lipinski definition) is 3. The number of rotatable bonds is 8. The Morgan fingerprint density at radius 3 is 2.31 bits per heavy atom. The predicted molar refractivity (Wildman–Crippen MR) is 139 cm³/mol. The number of benzene rings is 4. The SMILES string of the molecule is COCOC(=O)c1ccccc1-c1cc2cc(OC)ccc2cc1C(=O)Nc1ccc(C(=N)N)cc1. The number of hydrogen-bond acceptors (Lipinski definition) is 6. The Balaban J connectivity index is 1.83. The number of amides is 1. The van der Waals surface area contributed by atoms with Crippen LogP contribution in [0.5, 0.6) is 5.75 Å². The highest BCUT2D eigenvalue weighted by Gasteiger charge is 2.20. The molecule has 8 nitrogen and oxygen atoms in total. The molecule has 0 heterocycles. The lowest BCUT2D eigenvalue weighted by Gasteiger charge is -2.16. The van der Waals surface area contributed by atoms with Crippen LogP contribution in [-0.4, -0.2) is 38.7 Å². The molecule has 4 aromatic rings. The van der Waals surface area contributed by atoms with Gasteiger partial charge in [0.25, 0.3) is 5.91 Å². The summed E-state index contributed by atoms with van der Waals surface area (Å²) < 4.78 is 15.4. The molecule has 0 fully saturated rings. The third-order valence-corrected chi connectivity index (χ3v) is 5.63. The van der Waals surface area contributed by atoms with Gasteiger partial charge in [0.05, 0.1) is 12.7 Å². The minimum absolute atomic E-state index is 0.0583. The van der Waals surface area contributed by atoms with Crippen LogP contribution in [0.25, 0.3) is 21.9 Å². The second kappa shape index (κ2) is 10.7. The van der Waals surface area contributed by atoms with Gasteiger partial charge in [-0.3, -0.25) is 10.2 Å². The zero-order valence-electron chi connectivity index (χ0n) is 19.8. The summed E-state index contributed by atoms with van der Waals surface area (Å²) in [7, 11) is 3.02. The van der Waals surface area contributed by atoms with Crippen LogP contribution in [0.2, 0.25) is 0 Å². The van der Waals surface area contributed by atoms with Gasteiger partial charge in [0.1, 0.15) is 11.6 Å². The lowest BCUT2D eigenvalue weighted by Crippen LogP contribution is -2.15. The molecule has 0 atom stereocenters. The van der Waals surface area contributed by atoms with E-state index in [-0.39, 0.29) is 18.5 Å². The van der Waals surface area contributed by atoms with E-state index in [0.717, 1.165) is 10.8 Å². The van der Waals surface area contributed by atoms with Gasteiger partial charge in [0, 0.05) is 23.9 Å². The topological polar surface area (TPSA) is 124 Å². The van der Waals surface area contributed by atoms with Crippen molar-refractivity contribution in [1.29, 1.82) is 5.41 Å². The van der Waals surface area contributed by atoms with Crippen molar-refractivity contribution in [2.24, 2.45) is 5.73 Å². The normalized spacial score (nSPS) is 10.6. The van der Waals surface area contributed by atoms with E-state index >= 15 is 0 Å². The number of nitrogens with one attached hydrogen (secondary N) is 2. The number of carbonyl (C=O) groups excluding carboxylic acids is 2. The second-order valence-electron chi connectivity index (χ2n) is 7.94. The number of ether oxygens (including phenoxy) is 3. The largest absolute Gasteiger partial charge is 0.497 e. The van der Waals surface area contributed by atoms with E-state index in [1.54, 1.807) is 61.7 Å². The first-order chi connectivity index (χ1) is 17.4. The Kier molecular flexibility index (Phi) is 7.27. The zero-order chi connectivity index (χ0) is 25.7. The quantitative estimate of drug-likeness (QED) is 0.143. The highest BCUT2D eigenvalue weighted by Crippen LogP contribution is 2.33. The summed E-state index contributed by atoms with van der Waals surface area (Å²) in [6.45, 7) is -0.189. The highest BCUT2D eigenvalue weighted by atomic mass is 16.7. The highest BCUT2D eigenvalue weighted by molar-refractivity contribution is 6.13. The van der Waals surface area contributed by atoms with Gasteiger partial charge >= 0.3 is 5.97 Å². The first-order valence-electron chi connectivity index (χ1n) is 11.0. The van der Waals surface area contributed by atoms with Crippen molar-refractivity contribution in [2.45, 2.75) is 0 Å². The predicted octanol–water partition coefficient (Wildman–Crippen LogP) is 4.81. The Bertz CT molecular complexity index is 1450. The molecule has 0 radical (unpaired) electrons. The Morgan fingerprint density at radius 1 is 0.861 bits per heavy atom. The van der Waals surface area contributed by atoms with E-state index in [2.05, 4.69) is 5.32 Å². The smallest absolute Gasteiger partial charge is 0.340 e. The van der Waals surface area contributed by atoms with Crippen LogP contribution in [0.15, 0.2) is 78.9 Å². The maximum Gasteiger partial charge on any atom is 0.340 e. The Morgan fingerprint density at radius 2 is 1.61 bits per heavy atom. The van der Waals surface area contributed by atoms with Crippen molar-refractivity contribution in [2.75, 3.05) is 26.3 Å². The first-order valence-corrected chi connectivity index (χ1v) is 11.0. The second-order valence-corrected chi connectivity index (χ2v) is 7.94. The lowest BCUT2D eigenvalue weighted by atomic mass is 9.92. The zero-order valence-corrected chi connectivity index (χ0v) is 19.8. The molecule has 4 N–H and O–H groups in total. The molecular formula is C28H25N3O5. The summed E-state index contributed by atoms with van der Waals surface area (Å²) in [4.78, 5) is 26.3. The third kappa shape index (κ3) is 5.18. The van der Waals surface area contributed by atoms with Crippen molar-refractivity contribution < 1.29 is 23.8 Å². The standard InChI is InChI=1S/C28H25N3O5/c1-34-16-36-28(33)23-6-4-3-5-22(23)24-15-19-13-21(35-2)12-9-18(19)14-25(24)27(32)31-20-10-7-17(8-11-20)26(29)30/h3-15H,16H2,1-2H3,(H3,29,30)(H,31,32). The average Bonchev–Trinajstić information content (AvgIpc) is 2.90. The number of methoxy groups -OCH3 is 2. The van der Waals surface area contributed by atoms with E-state index in [1.807, 2.05) is 24.3 Å². The molecular weight excluding hydrogens is 458 g/mol. The molecule has 4 rings (SSSR count). The minimum atomic E-state index is -0.565. The van der Waals surface area contributed by atoms with Crippen LogP contribution in [-0.2, 0) is 9.47 Å². The Labute approximate surface area is 208 Å². The monoisotopic (exact) mass is 483 g/mol. The van der Waals surface area contributed by atoms with Gasteiger partial charge < -0.3 is 25.3 Å². The molecule has 1 amide bonds. The van der Waals surface area contributed by atoms with Crippen LogP contribution < -0.4 is 15.8 Å².